The Morgan fingerprint density at radius 2 is 2.00 bits per heavy atom. The molecule has 0 radical (unpaired) electrons. The van der Waals surface area contributed by atoms with E-state index in [0.29, 0.717) is 27.5 Å². The molecule has 9 heteroatoms. The largest absolute Gasteiger partial charge is 0.453 e. The van der Waals surface area contributed by atoms with Crippen molar-refractivity contribution in [3.8, 4) is 16.9 Å². The van der Waals surface area contributed by atoms with Crippen LogP contribution in [0.5, 0.6) is 0 Å². The molecule has 0 saturated carbocycles. The number of amides is 1. The van der Waals surface area contributed by atoms with E-state index in [-0.39, 0.29) is 6.54 Å². The summed E-state index contributed by atoms with van der Waals surface area (Å²) in [6, 6.07) is 11.7. The Balaban J connectivity index is 1.87. The van der Waals surface area contributed by atoms with E-state index < -0.39 is 17.8 Å². The Morgan fingerprint density at radius 3 is 2.71 bits per heavy atom. The van der Waals surface area contributed by atoms with Crippen LogP contribution in [0.2, 0.25) is 5.02 Å². The molecule has 146 valence electrons. The first-order chi connectivity index (χ1) is 13.3. The summed E-state index contributed by atoms with van der Waals surface area (Å²) in [4.78, 5) is 11.2. The van der Waals surface area contributed by atoms with Gasteiger partial charge >= 0.3 is 12.3 Å². The average molecular weight is 410 g/mol. The van der Waals surface area contributed by atoms with Gasteiger partial charge in [0.2, 0.25) is 0 Å². The van der Waals surface area contributed by atoms with Gasteiger partial charge in [-0.3, -0.25) is 0 Å². The molecule has 0 atom stereocenters. The van der Waals surface area contributed by atoms with E-state index in [4.69, 9.17) is 11.6 Å². The fourth-order valence-corrected chi connectivity index (χ4v) is 2.74. The van der Waals surface area contributed by atoms with Crippen molar-refractivity contribution in [1.82, 2.24) is 15.1 Å². The van der Waals surface area contributed by atoms with Crippen molar-refractivity contribution in [2.24, 2.45) is 0 Å². The number of nitrogens with one attached hydrogen (secondary N) is 1. The molecule has 0 saturated heterocycles. The molecule has 1 amide bonds. The molecular weight excluding hydrogens is 395 g/mol. The predicted octanol–water partition coefficient (Wildman–Crippen LogP) is 5.07. The van der Waals surface area contributed by atoms with E-state index in [9.17, 15) is 18.0 Å². The first kappa shape index (κ1) is 19.8. The van der Waals surface area contributed by atoms with Gasteiger partial charge in [-0.25, -0.2) is 9.48 Å². The molecule has 3 aromatic rings. The van der Waals surface area contributed by atoms with Crippen LogP contribution in [0, 0.1) is 0 Å². The zero-order valence-electron chi connectivity index (χ0n) is 14.6. The van der Waals surface area contributed by atoms with Crippen LogP contribution < -0.4 is 5.32 Å². The van der Waals surface area contributed by atoms with Crippen LogP contribution in [-0.2, 0) is 17.5 Å². The third-order valence-corrected chi connectivity index (χ3v) is 4.35. The van der Waals surface area contributed by atoms with Gasteiger partial charge in [-0.1, -0.05) is 23.7 Å². The number of carbonyl (C=O) groups is 1. The lowest BCUT2D eigenvalue weighted by molar-refractivity contribution is -0.137. The molecular formula is C19H15ClF3N3O2. The highest BCUT2D eigenvalue weighted by Crippen LogP contribution is 2.32. The second kappa shape index (κ2) is 7.93. The van der Waals surface area contributed by atoms with Crippen molar-refractivity contribution in [3.05, 3.63) is 70.9 Å². The Bertz CT molecular complexity index is 1000. The molecule has 0 fully saturated rings. The molecule has 1 N–H and O–H groups in total. The third-order valence-electron chi connectivity index (χ3n) is 3.98. The van der Waals surface area contributed by atoms with E-state index in [1.54, 1.807) is 36.5 Å². The molecule has 5 nitrogen and oxygen atoms in total. The maximum Gasteiger partial charge on any atom is 0.416 e. The summed E-state index contributed by atoms with van der Waals surface area (Å²) in [7, 11) is 1.26. The van der Waals surface area contributed by atoms with Crippen molar-refractivity contribution in [1.29, 1.82) is 0 Å². The van der Waals surface area contributed by atoms with Gasteiger partial charge in [0, 0.05) is 23.3 Å². The molecule has 3 rings (SSSR count). The lowest BCUT2D eigenvalue weighted by Crippen LogP contribution is -2.22. The number of halogens is 4. The van der Waals surface area contributed by atoms with E-state index in [2.05, 4.69) is 15.2 Å². The van der Waals surface area contributed by atoms with Crippen LogP contribution in [-0.4, -0.2) is 23.0 Å². The zero-order chi connectivity index (χ0) is 20.3. The standard InChI is InChI=1S/C19H15ClF3N3O2/c1-28-18(27)24-11-13-10-15(5-6-16(13)20)26-8-7-17(25-26)12-3-2-4-14(9-12)19(21,22)23/h2-10H,11H2,1H3,(H,24,27). The number of methoxy groups -OCH3 is 1. The van der Waals surface area contributed by atoms with Crippen LogP contribution in [0.3, 0.4) is 0 Å². The van der Waals surface area contributed by atoms with E-state index in [0.717, 1.165) is 12.1 Å². The van der Waals surface area contributed by atoms with E-state index >= 15 is 0 Å². The van der Waals surface area contributed by atoms with Crippen molar-refractivity contribution in [3.63, 3.8) is 0 Å². The van der Waals surface area contributed by atoms with Crippen LogP contribution in [0.15, 0.2) is 54.7 Å². The third kappa shape index (κ3) is 4.45. The summed E-state index contributed by atoms with van der Waals surface area (Å²) in [5, 5.41) is 7.34. The van der Waals surface area contributed by atoms with Crippen molar-refractivity contribution in [2.75, 3.05) is 7.11 Å². The smallest absolute Gasteiger partial charge is 0.416 e. The molecule has 0 unspecified atom stereocenters. The topological polar surface area (TPSA) is 56.1 Å². The van der Waals surface area contributed by atoms with Crippen molar-refractivity contribution in [2.45, 2.75) is 12.7 Å². The quantitative estimate of drug-likeness (QED) is 0.654. The monoisotopic (exact) mass is 409 g/mol. The Hall–Kier alpha value is -3.00. The van der Waals surface area contributed by atoms with E-state index in [1.165, 1.54) is 17.9 Å². The predicted molar refractivity (Wildman–Crippen MR) is 98.3 cm³/mol. The number of carbonyl (C=O) groups excluding carboxylic acids is 1. The number of benzene rings is 2. The number of ether oxygens (including phenoxy) is 1. The fraction of sp³-hybridized carbons (Fsp3) is 0.158. The van der Waals surface area contributed by atoms with Crippen molar-refractivity contribution >= 4 is 17.7 Å². The number of aromatic nitrogens is 2. The lowest BCUT2D eigenvalue weighted by Gasteiger charge is -2.09. The van der Waals surface area contributed by atoms with Crippen LogP contribution >= 0.6 is 11.6 Å². The van der Waals surface area contributed by atoms with Crippen LogP contribution in [0.4, 0.5) is 18.0 Å². The summed E-state index contributed by atoms with van der Waals surface area (Å²) in [5.74, 6) is 0. The number of hydrogen-bond acceptors (Lipinski definition) is 3. The minimum absolute atomic E-state index is 0.154. The molecule has 1 heterocycles. The number of nitrogens with zero attached hydrogens (tertiary/aromatic N) is 2. The molecule has 0 aliphatic rings. The number of alkyl carbamates (subject to hydrolysis) is 1. The second-order valence-corrected chi connectivity index (χ2v) is 6.25. The minimum Gasteiger partial charge on any atom is -0.453 e. The summed E-state index contributed by atoms with van der Waals surface area (Å²) < 4.78 is 44.8. The van der Waals surface area contributed by atoms with Gasteiger partial charge in [0.05, 0.1) is 24.1 Å². The average Bonchev–Trinajstić information content (AvgIpc) is 3.16. The van der Waals surface area contributed by atoms with E-state index in [1.807, 2.05) is 0 Å². The van der Waals surface area contributed by atoms with Gasteiger partial charge in [0.15, 0.2) is 0 Å². The van der Waals surface area contributed by atoms with Gasteiger partial charge in [-0.05, 0) is 42.0 Å². The fourth-order valence-electron chi connectivity index (χ4n) is 2.56. The normalized spacial score (nSPS) is 11.3. The maximum absolute atomic E-state index is 12.9. The summed E-state index contributed by atoms with van der Waals surface area (Å²) >= 11 is 6.14. The van der Waals surface area contributed by atoms with Gasteiger partial charge in [0.25, 0.3) is 0 Å². The first-order valence-electron chi connectivity index (χ1n) is 8.12. The molecule has 28 heavy (non-hydrogen) atoms. The Kier molecular flexibility index (Phi) is 5.60. The number of alkyl halides is 3. The Labute approximate surface area is 163 Å². The molecule has 0 aliphatic carbocycles. The zero-order valence-corrected chi connectivity index (χ0v) is 15.4. The SMILES string of the molecule is COC(=O)NCc1cc(-n2ccc(-c3cccc(C(F)(F)F)c3)n2)ccc1Cl. The van der Waals surface area contributed by atoms with Crippen LogP contribution in [0.1, 0.15) is 11.1 Å². The first-order valence-corrected chi connectivity index (χ1v) is 8.49. The second-order valence-electron chi connectivity index (χ2n) is 5.84. The maximum atomic E-state index is 12.9. The molecule has 1 aromatic heterocycles. The highest BCUT2D eigenvalue weighted by atomic mass is 35.5. The van der Waals surface area contributed by atoms with Gasteiger partial charge in [0.1, 0.15) is 0 Å². The molecule has 0 spiro atoms. The summed E-state index contributed by atoms with van der Waals surface area (Å²) in [6.45, 7) is 0.154. The molecule has 2 aromatic carbocycles. The van der Waals surface area contributed by atoms with Crippen molar-refractivity contribution < 1.29 is 22.7 Å². The summed E-state index contributed by atoms with van der Waals surface area (Å²) in [5.41, 5.74) is 1.30. The minimum atomic E-state index is -4.42. The lowest BCUT2D eigenvalue weighted by atomic mass is 10.1. The number of hydrogen-bond donors (Lipinski definition) is 1. The van der Waals surface area contributed by atoms with Crippen LogP contribution in [0.25, 0.3) is 16.9 Å². The van der Waals surface area contributed by atoms with Gasteiger partial charge in [-0.2, -0.15) is 18.3 Å². The highest BCUT2D eigenvalue weighted by Gasteiger charge is 2.30. The summed E-state index contributed by atoms with van der Waals surface area (Å²) in [6.07, 6.45) is -3.38. The highest BCUT2D eigenvalue weighted by molar-refractivity contribution is 6.31. The molecule has 0 bridgehead atoms. The molecule has 0 aliphatic heterocycles. The van der Waals surface area contributed by atoms with Gasteiger partial charge < -0.3 is 10.1 Å². The Morgan fingerprint density at radius 1 is 1.21 bits per heavy atom. The van der Waals surface area contributed by atoms with Gasteiger partial charge in [-0.15, -0.1) is 0 Å². The number of rotatable bonds is 4.